The summed E-state index contributed by atoms with van der Waals surface area (Å²) in [4.78, 5) is 14.2. The standard InChI is InChI=1S/C15H9F6NO2/c16-14(17,18)10-4-2-1-3-9(10)13-12(15(19,20)21)8(5-6-22-13)7-11(23)24/h1-6H,7H2,(H,23,24). The molecule has 0 atom stereocenters. The van der Waals surface area contributed by atoms with Gasteiger partial charge in [-0.15, -0.1) is 0 Å². The zero-order valence-electron chi connectivity index (χ0n) is 11.7. The van der Waals surface area contributed by atoms with Gasteiger partial charge >= 0.3 is 18.3 Å². The molecule has 128 valence electrons. The molecule has 1 N–H and O–H groups in total. The van der Waals surface area contributed by atoms with Crippen molar-refractivity contribution in [3.8, 4) is 11.3 Å². The van der Waals surface area contributed by atoms with Crippen LogP contribution in [0.2, 0.25) is 0 Å². The van der Waals surface area contributed by atoms with Crippen LogP contribution in [0, 0.1) is 0 Å². The molecule has 0 saturated carbocycles. The minimum absolute atomic E-state index is 0.640. The molecule has 2 aromatic rings. The van der Waals surface area contributed by atoms with Gasteiger partial charge < -0.3 is 5.11 Å². The number of aliphatic carboxylic acids is 1. The maximum absolute atomic E-state index is 13.4. The molecule has 0 aliphatic carbocycles. The lowest BCUT2D eigenvalue weighted by Crippen LogP contribution is -2.16. The minimum Gasteiger partial charge on any atom is -0.481 e. The van der Waals surface area contributed by atoms with E-state index in [0.717, 1.165) is 30.5 Å². The zero-order valence-corrected chi connectivity index (χ0v) is 11.7. The van der Waals surface area contributed by atoms with Gasteiger partial charge in [0.25, 0.3) is 0 Å². The van der Waals surface area contributed by atoms with E-state index in [1.165, 1.54) is 0 Å². The maximum atomic E-state index is 13.4. The second kappa shape index (κ2) is 6.14. The average Bonchev–Trinajstić information content (AvgIpc) is 2.44. The highest BCUT2D eigenvalue weighted by Gasteiger charge is 2.40. The Kier molecular flexibility index (Phi) is 4.54. The van der Waals surface area contributed by atoms with Crippen LogP contribution in [0.4, 0.5) is 26.3 Å². The molecule has 0 spiro atoms. The topological polar surface area (TPSA) is 50.2 Å². The van der Waals surface area contributed by atoms with E-state index >= 15 is 0 Å². The van der Waals surface area contributed by atoms with Crippen LogP contribution in [0.5, 0.6) is 0 Å². The Morgan fingerprint density at radius 1 is 1.00 bits per heavy atom. The molecule has 3 nitrogen and oxygen atoms in total. The molecule has 2 rings (SSSR count). The highest BCUT2D eigenvalue weighted by atomic mass is 19.4. The number of pyridine rings is 1. The quantitative estimate of drug-likeness (QED) is 0.835. The second-order valence-electron chi connectivity index (χ2n) is 4.81. The number of halogens is 6. The summed E-state index contributed by atoms with van der Waals surface area (Å²) in [6.45, 7) is 0. The van der Waals surface area contributed by atoms with Gasteiger partial charge in [0.15, 0.2) is 0 Å². The Morgan fingerprint density at radius 2 is 1.62 bits per heavy atom. The smallest absolute Gasteiger partial charge is 0.418 e. The van der Waals surface area contributed by atoms with Gasteiger partial charge in [0, 0.05) is 11.8 Å². The van der Waals surface area contributed by atoms with Crippen LogP contribution in [0.25, 0.3) is 11.3 Å². The summed E-state index contributed by atoms with van der Waals surface area (Å²) in [6, 6.07) is 4.53. The SMILES string of the molecule is O=C(O)Cc1ccnc(-c2ccccc2C(F)(F)F)c1C(F)(F)F. The number of alkyl halides is 6. The second-order valence-corrected chi connectivity index (χ2v) is 4.81. The Morgan fingerprint density at radius 3 is 2.17 bits per heavy atom. The fraction of sp³-hybridized carbons (Fsp3) is 0.200. The highest BCUT2D eigenvalue weighted by molar-refractivity contribution is 5.74. The third-order valence-electron chi connectivity index (χ3n) is 3.15. The van der Waals surface area contributed by atoms with Crippen molar-refractivity contribution in [2.75, 3.05) is 0 Å². The van der Waals surface area contributed by atoms with Crippen LogP contribution >= 0.6 is 0 Å². The normalized spacial score (nSPS) is 12.2. The van der Waals surface area contributed by atoms with Crippen LogP contribution in [-0.2, 0) is 23.6 Å². The summed E-state index contributed by atoms with van der Waals surface area (Å²) < 4.78 is 79.3. The Bertz CT molecular complexity index is 767. The largest absolute Gasteiger partial charge is 0.481 e. The van der Waals surface area contributed by atoms with E-state index in [1.807, 2.05) is 0 Å². The van der Waals surface area contributed by atoms with Gasteiger partial charge in [0.2, 0.25) is 0 Å². The van der Waals surface area contributed by atoms with Crippen LogP contribution < -0.4 is 0 Å². The van der Waals surface area contributed by atoms with Gasteiger partial charge in [-0.1, -0.05) is 18.2 Å². The molecule has 9 heteroatoms. The minimum atomic E-state index is -5.06. The molecule has 0 fully saturated rings. The number of benzene rings is 1. The summed E-state index contributed by atoms with van der Waals surface area (Å²) in [7, 11) is 0. The lowest BCUT2D eigenvalue weighted by Gasteiger charge is -2.18. The first-order chi connectivity index (χ1) is 11.0. The van der Waals surface area contributed by atoms with Crippen molar-refractivity contribution in [2.24, 2.45) is 0 Å². The first-order valence-electron chi connectivity index (χ1n) is 6.45. The maximum Gasteiger partial charge on any atom is 0.418 e. The summed E-state index contributed by atoms with van der Waals surface area (Å²) in [5.74, 6) is -1.54. The number of carbonyl (C=O) groups is 1. The molecular formula is C15H9F6NO2. The predicted molar refractivity (Wildman–Crippen MR) is 71.0 cm³/mol. The van der Waals surface area contributed by atoms with Gasteiger partial charge in [0.05, 0.1) is 23.2 Å². The summed E-state index contributed by atoms with van der Waals surface area (Å²) in [5.41, 5.74) is -5.13. The Hall–Kier alpha value is -2.58. The molecule has 0 bridgehead atoms. The van der Waals surface area contributed by atoms with E-state index < -0.39 is 52.7 Å². The molecule has 0 radical (unpaired) electrons. The van der Waals surface area contributed by atoms with E-state index in [9.17, 15) is 31.1 Å². The van der Waals surface area contributed by atoms with Crippen LogP contribution in [0.1, 0.15) is 16.7 Å². The first kappa shape index (κ1) is 17.8. The number of rotatable bonds is 3. The third-order valence-corrected chi connectivity index (χ3v) is 3.15. The van der Waals surface area contributed by atoms with Crippen LogP contribution in [0.15, 0.2) is 36.5 Å². The molecule has 1 aromatic heterocycles. The molecule has 0 saturated heterocycles. The van der Waals surface area contributed by atoms with E-state index in [4.69, 9.17) is 5.11 Å². The molecule has 0 unspecified atom stereocenters. The Labute approximate surface area is 131 Å². The Balaban J connectivity index is 2.79. The average molecular weight is 349 g/mol. The van der Waals surface area contributed by atoms with Crippen molar-refractivity contribution in [1.82, 2.24) is 4.98 Å². The van der Waals surface area contributed by atoms with E-state index in [1.54, 1.807) is 0 Å². The fourth-order valence-electron chi connectivity index (χ4n) is 2.27. The highest BCUT2D eigenvalue weighted by Crippen LogP contribution is 2.42. The number of carboxylic acid groups (broad SMARTS) is 1. The van der Waals surface area contributed by atoms with E-state index in [2.05, 4.69) is 4.98 Å². The van der Waals surface area contributed by atoms with Crippen molar-refractivity contribution < 1.29 is 36.2 Å². The molecule has 0 aliphatic heterocycles. The van der Waals surface area contributed by atoms with Crippen molar-refractivity contribution in [3.63, 3.8) is 0 Å². The molecule has 0 aliphatic rings. The van der Waals surface area contributed by atoms with Crippen LogP contribution in [0.3, 0.4) is 0 Å². The van der Waals surface area contributed by atoms with Crippen molar-refractivity contribution in [3.05, 3.63) is 53.2 Å². The number of aromatic nitrogens is 1. The summed E-state index contributed by atoms with van der Waals surface area (Å²) in [6.07, 6.45) is -10.1. The van der Waals surface area contributed by atoms with E-state index in [0.29, 0.717) is 6.07 Å². The van der Waals surface area contributed by atoms with Gasteiger partial charge in [0.1, 0.15) is 0 Å². The third kappa shape index (κ3) is 3.66. The number of hydrogen-bond donors (Lipinski definition) is 1. The first-order valence-corrected chi connectivity index (χ1v) is 6.45. The predicted octanol–water partition coefficient (Wildman–Crippen LogP) is 4.41. The van der Waals surface area contributed by atoms with Crippen molar-refractivity contribution >= 4 is 5.97 Å². The lowest BCUT2D eigenvalue weighted by molar-refractivity contribution is -0.141. The van der Waals surface area contributed by atoms with Gasteiger partial charge in [-0.3, -0.25) is 9.78 Å². The van der Waals surface area contributed by atoms with Crippen molar-refractivity contribution in [2.45, 2.75) is 18.8 Å². The fourth-order valence-corrected chi connectivity index (χ4v) is 2.27. The molecular weight excluding hydrogens is 340 g/mol. The summed E-state index contributed by atoms with van der Waals surface area (Å²) >= 11 is 0. The van der Waals surface area contributed by atoms with Gasteiger partial charge in [-0.05, 0) is 17.7 Å². The zero-order chi connectivity index (χ0) is 18.1. The van der Waals surface area contributed by atoms with Gasteiger partial charge in [-0.25, -0.2) is 0 Å². The summed E-state index contributed by atoms with van der Waals surface area (Å²) in [5, 5.41) is 8.73. The molecule has 1 heterocycles. The monoisotopic (exact) mass is 349 g/mol. The van der Waals surface area contributed by atoms with Crippen LogP contribution in [-0.4, -0.2) is 16.1 Å². The lowest BCUT2D eigenvalue weighted by atomic mass is 9.95. The van der Waals surface area contributed by atoms with E-state index in [-0.39, 0.29) is 0 Å². The molecule has 1 aromatic carbocycles. The molecule has 24 heavy (non-hydrogen) atoms. The molecule has 0 amide bonds. The number of carboxylic acids is 1. The van der Waals surface area contributed by atoms with Crippen molar-refractivity contribution in [1.29, 1.82) is 0 Å². The number of hydrogen-bond acceptors (Lipinski definition) is 2. The number of nitrogens with zero attached hydrogens (tertiary/aromatic N) is 1. The van der Waals surface area contributed by atoms with Gasteiger partial charge in [-0.2, -0.15) is 26.3 Å².